The van der Waals surface area contributed by atoms with E-state index in [1.165, 1.54) is 116 Å². The van der Waals surface area contributed by atoms with E-state index in [4.69, 9.17) is 23.0 Å². The van der Waals surface area contributed by atoms with Crippen LogP contribution in [0.5, 0.6) is 0 Å². The third-order valence-corrected chi connectivity index (χ3v) is 10.8. The molecule has 0 amide bonds. The van der Waals surface area contributed by atoms with Gasteiger partial charge in [-0.2, -0.15) is 0 Å². The van der Waals surface area contributed by atoms with Gasteiger partial charge in [-0.15, -0.1) is 0 Å². The molecule has 0 aromatic rings. The first-order valence-corrected chi connectivity index (χ1v) is 23.2. The Hall–Kier alpha value is -1.25. The number of ether oxygens (including phenoxy) is 2. The minimum absolute atomic E-state index is 0.140. The zero-order valence-corrected chi connectivity index (χ0v) is 35.3. The van der Waals surface area contributed by atoms with E-state index in [2.05, 4.69) is 26.0 Å². The third kappa shape index (κ3) is 35.8. The first kappa shape index (κ1) is 50.8. The lowest BCUT2D eigenvalue weighted by molar-refractivity contribution is -0.627. The largest absolute Gasteiger partial charge is 0.475 e. The van der Waals surface area contributed by atoms with Crippen LogP contribution in [0.15, 0.2) is 12.2 Å². The Bertz CT molecular complexity index is 871. The fourth-order valence-electron chi connectivity index (χ4n) is 5.97. The maximum atomic E-state index is 13.1. The zero-order valence-electron chi connectivity index (χ0n) is 34.4. The van der Waals surface area contributed by atoms with Gasteiger partial charge in [0.2, 0.25) is 0 Å². The summed E-state index contributed by atoms with van der Waals surface area (Å²) in [7, 11) is -1.97. The Kier molecular flexibility index (Phi) is 38.5. The highest BCUT2D eigenvalue weighted by Crippen LogP contribution is 2.49. The van der Waals surface area contributed by atoms with E-state index in [9.17, 15) is 14.2 Å². The minimum Gasteiger partial charge on any atom is -0.462 e. The number of phosphoric ester groups is 1. The van der Waals surface area contributed by atoms with E-state index in [-0.39, 0.29) is 44.8 Å². The summed E-state index contributed by atoms with van der Waals surface area (Å²) in [6.45, 7) is 6.71. The number of carbonyl (C=O) groups excluding carboxylic acids is 2. The molecule has 0 saturated carbocycles. The predicted molar refractivity (Wildman–Crippen MR) is 214 cm³/mol. The van der Waals surface area contributed by atoms with Crippen LogP contribution in [0.25, 0.3) is 0 Å². The standard InChI is InChI=1S/C42H82NO8P/c1-5-8-10-12-14-16-18-20-21-23-25-27-29-31-33-35-42(45)51-40(39-50-52(46,48-7-3)49-37-36-43-4)38-47-41(44)34-32-30-28-26-24-22-19-17-15-13-11-9-6-2/h20-21,40,43H,5-19,22-39H2,1-4H3/p+1/b21-20-/t40-,52?/m0/s1. The first-order valence-electron chi connectivity index (χ1n) is 21.7. The molecule has 2 atom stereocenters. The van der Waals surface area contributed by atoms with Gasteiger partial charge in [-0.3, -0.25) is 23.2 Å². The molecule has 52 heavy (non-hydrogen) atoms. The Morgan fingerprint density at radius 3 is 1.46 bits per heavy atom. The van der Waals surface area contributed by atoms with Crippen LogP contribution in [0.1, 0.15) is 201 Å². The van der Waals surface area contributed by atoms with Crippen molar-refractivity contribution in [3.8, 4) is 0 Å². The average Bonchev–Trinajstić information content (AvgIpc) is 3.13. The summed E-state index contributed by atoms with van der Waals surface area (Å²) in [6, 6.07) is 0. The SMILES string of the molecule is CCCCCCCC/C=C\CCCCCCCC(=O)O[C@@H](COC(=O)CCCCCCCCCCCCCCC)COP(=O)(OCC)OCC[NH2+]C. The highest BCUT2D eigenvalue weighted by molar-refractivity contribution is 7.48. The Balaban J connectivity index is 4.43. The van der Waals surface area contributed by atoms with Crippen LogP contribution >= 0.6 is 7.82 Å². The second-order valence-electron chi connectivity index (χ2n) is 14.3. The number of quaternary nitrogens is 1. The van der Waals surface area contributed by atoms with Crippen molar-refractivity contribution in [1.29, 1.82) is 0 Å². The van der Waals surface area contributed by atoms with Gasteiger partial charge >= 0.3 is 19.8 Å². The molecule has 0 rings (SSSR count). The molecule has 1 unspecified atom stereocenters. The van der Waals surface area contributed by atoms with Gasteiger partial charge < -0.3 is 14.8 Å². The van der Waals surface area contributed by atoms with Crippen molar-refractivity contribution in [3.63, 3.8) is 0 Å². The second kappa shape index (κ2) is 39.4. The number of likely N-dealkylation sites (N-methyl/N-ethyl adjacent to an activating group) is 1. The quantitative estimate of drug-likeness (QED) is 0.0283. The maximum Gasteiger partial charge on any atom is 0.475 e. The number of rotatable bonds is 41. The number of nitrogens with two attached hydrogens (primary N) is 1. The normalized spacial score (nSPS) is 13.4. The minimum atomic E-state index is -3.85. The van der Waals surface area contributed by atoms with Crippen LogP contribution in [-0.4, -0.2) is 58.1 Å². The number of hydrogen-bond acceptors (Lipinski definition) is 8. The number of hydrogen-bond donors (Lipinski definition) is 1. The summed E-state index contributed by atoms with van der Waals surface area (Å²) in [5.41, 5.74) is 0. The Morgan fingerprint density at radius 2 is 1.00 bits per heavy atom. The van der Waals surface area contributed by atoms with Crippen LogP contribution < -0.4 is 5.32 Å². The van der Waals surface area contributed by atoms with Crippen molar-refractivity contribution in [2.75, 3.05) is 40.0 Å². The monoisotopic (exact) mass is 761 g/mol. The van der Waals surface area contributed by atoms with E-state index < -0.39 is 13.9 Å². The lowest BCUT2D eigenvalue weighted by Gasteiger charge is -2.21. The van der Waals surface area contributed by atoms with Gasteiger partial charge in [0.15, 0.2) is 6.10 Å². The molecule has 2 N–H and O–H groups in total. The van der Waals surface area contributed by atoms with Gasteiger partial charge in [0.25, 0.3) is 0 Å². The molecule has 0 radical (unpaired) electrons. The lowest BCUT2D eigenvalue weighted by atomic mass is 10.0. The van der Waals surface area contributed by atoms with Crippen molar-refractivity contribution >= 4 is 19.8 Å². The van der Waals surface area contributed by atoms with Gasteiger partial charge in [0, 0.05) is 12.8 Å². The van der Waals surface area contributed by atoms with Crippen molar-refractivity contribution in [2.45, 2.75) is 207 Å². The van der Waals surface area contributed by atoms with Gasteiger partial charge in [0.05, 0.1) is 26.8 Å². The summed E-state index contributed by atoms with van der Waals surface area (Å²) < 4.78 is 40.5. The van der Waals surface area contributed by atoms with Gasteiger partial charge in [0.1, 0.15) is 13.2 Å². The van der Waals surface area contributed by atoms with Crippen LogP contribution in [0.2, 0.25) is 0 Å². The molecule has 0 heterocycles. The fourth-order valence-corrected chi connectivity index (χ4v) is 7.19. The van der Waals surface area contributed by atoms with E-state index >= 15 is 0 Å². The number of allylic oxidation sites excluding steroid dienone is 2. The highest BCUT2D eigenvalue weighted by Gasteiger charge is 2.29. The molecule has 0 aromatic heterocycles. The molecule has 9 nitrogen and oxygen atoms in total. The molecule has 10 heteroatoms. The molecular formula is C42H83NO8P+. The van der Waals surface area contributed by atoms with E-state index in [1.54, 1.807) is 6.92 Å². The summed E-state index contributed by atoms with van der Waals surface area (Å²) >= 11 is 0. The topological polar surface area (TPSA) is 114 Å². The van der Waals surface area contributed by atoms with E-state index in [0.717, 1.165) is 51.4 Å². The summed E-state index contributed by atoms with van der Waals surface area (Å²) in [6.07, 6.45) is 35.8. The fraction of sp³-hybridized carbons (Fsp3) is 0.905. The molecule has 0 aliphatic carbocycles. The third-order valence-electron chi connectivity index (χ3n) is 9.22. The van der Waals surface area contributed by atoms with Gasteiger partial charge in [-0.25, -0.2) is 4.57 Å². The van der Waals surface area contributed by atoms with Crippen molar-refractivity contribution in [2.24, 2.45) is 0 Å². The number of carbonyl (C=O) groups is 2. The lowest BCUT2D eigenvalue weighted by Crippen LogP contribution is -2.80. The molecular weight excluding hydrogens is 677 g/mol. The van der Waals surface area contributed by atoms with Crippen LogP contribution in [0.3, 0.4) is 0 Å². The molecule has 0 spiro atoms. The van der Waals surface area contributed by atoms with Crippen LogP contribution in [0.4, 0.5) is 0 Å². The summed E-state index contributed by atoms with van der Waals surface area (Å²) in [5, 5.41) is 1.90. The molecule has 308 valence electrons. The molecule has 0 aromatic carbocycles. The van der Waals surface area contributed by atoms with Gasteiger partial charge in [-0.1, -0.05) is 154 Å². The molecule has 0 bridgehead atoms. The van der Waals surface area contributed by atoms with Crippen LogP contribution in [0, 0.1) is 0 Å². The second-order valence-corrected chi connectivity index (χ2v) is 16.0. The zero-order chi connectivity index (χ0) is 38.2. The number of phosphoric acid groups is 1. The first-order chi connectivity index (χ1) is 25.4. The van der Waals surface area contributed by atoms with E-state index in [1.807, 2.05) is 12.4 Å². The van der Waals surface area contributed by atoms with Gasteiger partial charge in [-0.05, 0) is 45.4 Å². The maximum absolute atomic E-state index is 13.1. The highest BCUT2D eigenvalue weighted by atomic mass is 31.2. The Labute approximate surface area is 320 Å². The molecule has 0 saturated heterocycles. The van der Waals surface area contributed by atoms with Crippen molar-refractivity contribution in [1.82, 2.24) is 0 Å². The number of unbranched alkanes of at least 4 members (excludes halogenated alkanes) is 23. The summed E-state index contributed by atoms with van der Waals surface area (Å²) in [4.78, 5) is 25.3. The molecule has 0 aliphatic heterocycles. The molecule has 0 fully saturated rings. The smallest absolute Gasteiger partial charge is 0.462 e. The average molecular weight is 761 g/mol. The number of esters is 2. The summed E-state index contributed by atoms with van der Waals surface area (Å²) in [5.74, 6) is -0.712. The Morgan fingerprint density at radius 1 is 0.558 bits per heavy atom. The van der Waals surface area contributed by atoms with Crippen molar-refractivity contribution in [3.05, 3.63) is 12.2 Å². The van der Waals surface area contributed by atoms with Crippen LogP contribution in [-0.2, 0) is 37.2 Å². The van der Waals surface area contributed by atoms with E-state index in [0.29, 0.717) is 13.0 Å². The molecule has 0 aliphatic rings. The van der Waals surface area contributed by atoms with Crippen molar-refractivity contribution < 1.29 is 42.5 Å². The predicted octanol–water partition coefficient (Wildman–Crippen LogP) is 11.3.